The van der Waals surface area contributed by atoms with E-state index >= 15 is 0 Å². The number of methoxy groups -OCH3 is 1. The van der Waals surface area contributed by atoms with Gasteiger partial charge in [-0.2, -0.15) is 0 Å². The average Bonchev–Trinajstić information content (AvgIpc) is 2.59. The van der Waals surface area contributed by atoms with Crippen molar-refractivity contribution < 1.29 is 40.6 Å². The average molecular weight is 411 g/mol. The number of rotatable bonds is 1. The molecular weight excluding hydrogens is 400 g/mol. The molecule has 1 heterocycles. The summed E-state index contributed by atoms with van der Waals surface area (Å²) >= 11 is 1.37. The van der Waals surface area contributed by atoms with E-state index in [4.69, 9.17) is 0 Å². The minimum absolute atomic E-state index is 0. The number of carbonyl (C=O) groups excluding carboxylic acids is 1. The molecule has 0 bridgehead atoms. The van der Waals surface area contributed by atoms with E-state index in [1.807, 2.05) is 13.8 Å². The van der Waals surface area contributed by atoms with Crippen LogP contribution in [0.25, 0.3) is 0 Å². The normalized spacial score (nSPS) is 7.25. The largest absolute Gasteiger partial charge is 0.464 e. The van der Waals surface area contributed by atoms with Gasteiger partial charge in [0.25, 0.3) is 0 Å². The van der Waals surface area contributed by atoms with Crippen molar-refractivity contribution in [2.75, 3.05) is 7.11 Å². The Hall–Kier alpha value is 0.152. The third-order valence-electron chi connectivity index (χ3n) is 0.827. The first kappa shape index (κ1) is 14.7. The number of esters is 1. The molecule has 0 aliphatic rings. The minimum atomic E-state index is -0.378. The molecule has 1 rings (SSSR count). The molecule has 1 aromatic rings. The molecular formula is C7H11NO2SU. The van der Waals surface area contributed by atoms with Crippen molar-refractivity contribution in [2.24, 2.45) is 0 Å². The van der Waals surface area contributed by atoms with Crippen LogP contribution in [0.1, 0.15) is 24.3 Å². The van der Waals surface area contributed by atoms with E-state index in [2.05, 4.69) is 9.72 Å². The van der Waals surface area contributed by atoms with Gasteiger partial charge in [-0.3, -0.25) is 0 Å². The first-order valence-electron chi connectivity index (χ1n) is 3.31. The number of hydrogen-bond donors (Lipinski definition) is 0. The molecule has 66 valence electrons. The number of thiazole rings is 1. The Balaban J connectivity index is 0. The van der Waals surface area contributed by atoms with Crippen LogP contribution in [0.5, 0.6) is 0 Å². The standard InChI is InChI=1S/C5H5NO2S.C2H6.U/c1-8-5(7)4-2-9-3-6-4;1-2;/h2-3H,1H3;1-2H3;. The summed E-state index contributed by atoms with van der Waals surface area (Å²) in [5.74, 6) is -0.378. The zero-order valence-corrected chi connectivity index (χ0v) is 12.3. The smallest absolute Gasteiger partial charge is 0.357 e. The molecule has 5 heteroatoms. The van der Waals surface area contributed by atoms with Gasteiger partial charge in [-0.1, -0.05) is 13.8 Å². The van der Waals surface area contributed by atoms with E-state index < -0.39 is 0 Å². The monoisotopic (exact) mass is 411 g/mol. The van der Waals surface area contributed by atoms with Crippen LogP contribution < -0.4 is 0 Å². The summed E-state index contributed by atoms with van der Waals surface area (Å²) < 4.78 is 4.40. The predicted molar refractivity (Wildman–Crippen MR) is 44.8 cm³/mol. The van der Waals surface area contributed by atoms with Crippen LogP contribution in [-0.2, 0) is 4.74 Å². The second-order valence-corrected chi connectivity index (χ2v) is 2.08. The number of hydrogen-bond acceptors (Lipinski definition) is 4. The van der Waals surface area contributed by atoms with Crippen molar-refractivity contribution in [2.45, 2.75) is 13.8 Å². The maximum absolute atomic E-state index is 10.6. The van der Waals surface area contributed by atoms with Crippen molar-refractivity contribution in [3.05, 3.63) is 16.6 Å². The molecule has 0 spiro atoms. The molecule has 3 nitrogen and oxygen atoms in total. The summed E-state index contributed by atoms with van der Waals surface area (Å²) in [6, 6.07) is 0. The SMILES string of the molecule is CC.COC(=O)c1cscn1.[U]. The topological polar surface area (TPSA) is 39.2 Å². The Morgan fingerprint density at radius 1 is 1.58 bits per heavy atom. The van der Waals surface area contributed by atoms with Crippen LogP contribution >= 0.6 is 11.3 Å². The molecule has 0 amide bonds. The van der Waals surface area contributed by atoms with Gasteiger partial charge in [-0.25, -0.2) is 9.78 Å². The number of carbonyl (C=O) groups is 1. The Kier molecular flexibility index (Phi) is 11.3. The summed E-state index contributed by atoms with van der Waals surface area (Å²) in [4.78, 5) is 14.3. The van der Waals surface area contributed by atoms with Crippen LogP contribution in [0.15, 0.2) is 10.9 Å². The van der Waals surface area contributed by atoms with Crippen LogP contribution in [0, 0.1) is 31.1 Å². The van der Waals surface area contributed by atoms with Gasteiger partial charge in [0.2, 0.25) is 0 Å². The summed E-state index contributed by atoms with van der Waals surface area (Å²) in [7, 11) is 1.34. The van der Waals surface area contributed by atoms with Gasteiger partial charge >= 0.3 is 5.97 Å². The van der Waals surface area contributed by atoms with Gasteiger partial charge in [-0.05, 0) is 0 Å². The Bertz CT molecular complexity index is 201. The quantitative estimate of drug-likeness (QED) is 0.664. The second kappa shape index (κ2) is 9.24. The van der Waals surface area contributed by atoms with Crippen molar-refractivity contribution in [3.8, 4) is 0 Å². The van der Waals surface area contributed by atoms with Crippen LogP contribution in [0.2, 0.25) is 0 Å². The predicted octanol–water partition coefficient (Wildman–Crippen LogP) is 1.96. The van der Waals surface area contributed by atoms with E-state index in [-0.39, 0.29) is 37.1 Å². The Morgan fingerprint density at radius 3 is 2.50 bits per heavy atom. The number of nitrogens with zero attached hydrogens (tertiary/aromatic N) is 1. The van der Waals surface area contributed by atoms with E-state index in [0.717, 1.165) is 0 Å². The third-order valence-corrected chi connectivity index (χ3v) is 1.41. The fraction of sp³-hybridized carbons (Fsp3) is 0.429. The molecule has 0 aliphatic carbocycles. The summed E-state index contributed by atoms with van der Waals surface area (Å²) in [6.07, 6.45) is 0. The first-order chi connectivity index (χ1) is 5.34. The first-order valence-corrected chi connectivity index (χ1v) is 4.25. The van der Waals surface area contributed by atoms with Crippen molar-refractivity contribution in [1.82, 2.24) is 4.98 Å². The molecule has 0 aromatic carbocycles. The van der Waals surface area contributed by atoms with Crippen LogP contribution in [0.3, 0.4) is 0 Å². The molecule has 0 saturated carbocycles. The van der Waals surface area contributed by atoms with Crippen molar-refractivity contribution in [3.63, 3.8) is 0 Å². The zero-order chi connectivity index (χ0) is 8.69. The molecule has 0 N–H and O–H groups in total. The minimum Gasteiger partial charge on any atom is -0.464 e. The molecule has 0 unspecified atom stereocenters. The Labute approximate surface area is 99.9 Å². The van der Waals surface area contributed by atoms with Crippen molar-refractivity contribution in [1.29, 1.82) is 0 Å². The molecule has 0 atom stereocenters. The fourth-order valence-electron chi connectivity index (χ4n) is 0.418. The summed E-state index contributed by atoms with van der Waals surface area (Å²) in [5, 5.41) is 1.64. The molecule has 0 saturated heterocycles. The molecule has 0 fully saturated rings. The van der Waals surface area contributed by atoms with Gasteiger partial charge in [0, 0.05) is 36.5 Å². The number of ether oxygens (including phenoxy) is 1. The maximum atomic E-state index is 10.6. The van der Waals surface area contributed by atoms with E-state index in [9.17, 15) is 4.79 Å². The maximum Gasteiger partial charge on any atom is 0.357 e. The van der Waals surface area contributed by atoms with Gasteiger partial charge < -0.3 is 4.74 Å². The number of aromatic nitrogens is 1. The molecule has 1 aromatic heterocycles. The van der Waals surface area contributed by atoms with Crippen molar-refractivity contribution >= 4 is 17.3 Å². The van der Waals surface area contributed by atoms with Gasteiger partial charge in [0.1, 0.15) is 0 Å². The zero-order valence-electron chi connectivity index (χ0n) is 7.33. The summed E-state index contributed by atoms with van der Waals surface area (Å²) in [6.45, 7) is 4.00. The van der Waals surface area contributed by atoms with Crippen LogP contribution in [-0.4, -0.2) is 18.1 Å². The molecule has 12 heavy (non-hydrogen) atoms. The molecule has 0 radical (unpaired) electrons. The van der Waals surface area contributed by atoms with Gasteiger partial charge in [0.05, 0.1) is 12.6 Å². The van der Waals surface area contributed by atoms with Gasteiger partial charge in [-0.15, -0.1) is 11.3 Å². The fourth-order valence-corrected chi connectivity index (χ4v) is 0.939. The van der Waals surface area contributed by atoms with E-state index in [0.29, 0.717) is 5.69 Å². The van der Waals surface area contributed by atoms with Gasteiger partial charge in [0.15, 0.2) is 5.69 Å². The Morgan fingerprint density at radius 2 is 2.17 bits per heavy atom. The van der Waals surface area contributed by atoms with E-state index in [1.54, 1.807) is 10.9 Å². The molecule has 0 aliphatic heterocycles. The van der Waals surface area contributed by atoms with Crippen LogP contribution in [0.4, 0.5) is 0 Å². The third kappa shape index (κ3) is 4.92. The summed E-state index contributed by atoms with van der Waals surface area (Å²) in [5.41, 5.74) is 1.97. The second-order valence-electron chi connectivity index (χ2n) is 1.37. The van der Waals surface area contributed by atoms with E-state index in [1.165, 1.54) is 18.4 Å².